The highest BCUT2D eigenvalue weighted by Gasteiger charge is 2.29. The van der Waals surface area contributed by atoms with Gasteiger partial charge in [-0.25, -0.2) is 9.97 Å². The highest BCUT2D eigenvalue weighted by atomic mass is 16.1. The summed E-state index contributed by atoms with van der Waals surface area (Å²) in [5.74, 6) is 1.03. The number of ketones is 1. The Balaban J connectivity index is 1.16. The molecular formula is C33H32N4O. The van der Waals surface area contributed by atoms with Crippen LogP contribution in [0, 0.1) is 5.92 Å². The van der Waals surface area contributed by atoms with E-state index in [0.717, 1.165) is 49.8 Å². The molecule has 2 heterocycles. The molecule has 6 rings (SSSR count). The van der Waals surface area contributed by atoms with Crippen LogP contribution in [0.1, 0.15) is 45.2 Å². The van der Waals surface area contributed by atoms with Crippen LogP contribution >= 0.6 is 0 Å². The molecule has 38 heavy (non-hydrogen) atoms. The topological polar surface area (TPSA) is 49.3 Å². The fourth-order valence-electron chi connectivity index (χ4n) is 5.63. The quantitative estimate of drug-likeness (QED) is 0.333. The number of hydrogen-bond donors (Lipinski definition) is 0. The maximum Gasteiger partial charge on any atom is 0.225 e. The van der Waals surface area contributed by atoms with Gasteiger partial charge in [-0.1, -0.05) is 103 Å². The predicted octanol–water partition coefficient (Wildman–Crippen LogP) is 5.85. The lowest BCUT2D eigenvalue weighted by atomic mass is 9.86. The Hall–Kier alpha value is -4.09. The maximum atomic E-state index is 12.8. The number of piperazine rings is 1. The van der Waals surface area contributed by atoms with Crippen LogP contribution in [0.4, 0.5) is 5.95 Å². The first-order valence-electron chi connectivity index (χ1n) is 13.5. The molecule has 0 N–H and O–H groups in total. The Morgan fingerprint density at radius 2 is 1.37 bits per heavy atom. The van der Waals surface area contributed by atoms with E-state index >= 15 is 0 Å². The maximum absolute atomic E-state index is 12.8. The summed E-state index contributed by atoms with van der Waals surface area (Å²) in [4.78, 5) is 27.2. The van der Waals surface area contributed by atoms with Crippen molar-refractivity contribution < 1.29 is 4.79 Å². The lowest BCUT2D eigenvalue weighted by Crippen LogP contribution is -2.48. The van der Waals surface area contributed by atoms with Gasteiger partial charge < -0.3 is 4.90 Å². The minimum atomic E-state index is 0.138. The van der Waals surface area contributed by atoms with Crippen LogP contribution in [0.2, 0.25) is 0 Å². The summed E-state index contributed by atoms with van der Waals surface area (Å²) in [5.41, 5.74) is 5.33. The van der Waals surface area contributed by atoms with E-state index in [4.69, 9.17) is 4.98 Å². The van der Waals surface area contributed by atoms with E-state index in [-0.39, 0.29) is 17.7 Å². The van der Waals surface area contributed by atoms with Crippen LogP contribution in [-0.4, -0.2) is 46.8 Å². The van der Waals surface area contributed by atoms with E-state index in [1.807, 2.05) is 18.2 Å². The minimum absolute atomic E-state index is 0.138. The first kappa shape index (κ1) is 24.3. The average Bonchev–Trinajstić information content (AvgIpc) is 2.98. The lowest BCUT2D eigenvalue weighted by molar-refractivity contribution is 0.0957. The molecule has 3 aromatic carbocycles. The molecule has 1 atom stereocenters. The number of carbonyl (C=O) groups is 1. The van der Waals surface area contributed by atoms with Gasteiger partial charge >= 0.3 is 0 Å². The van der Waals surface area contributed by atoms with E-state index in [9.17, 15) is 4.79 Å². The molecule has 0 saturated carbocycles. The number of aromatic nitrogens is 2. The highest BCUT2D eigenvalue weighted by molar-refractivity contribution is 5.98. The van der Waals surface area contributed by atoms with Crippen LogP contribution in [0.25, 0.3) is 6.08 Å². The third-order valence-corrected chi connectivity index (χ3v) is 7.61. The molecule has 1 fully saturated rings. The summed E-state index contributed by atoms with van der Waals surface area (Å²) in [6.07, 6.45) is 7.30. The van der Waals surface area contributed by atoms with Gasteiger partial charge in [-0.3, -0.25) is 9.69 Å². The molecule has 5 heteroatoms. The number of Topliss-reactive ketones (excluding diaryl/α,β-unsaturated/α-hetero) is 1. The summed E-state index contributed by atoms with van der Waals surface area (Å²) in [6, 6.07) is 31.9. The zero-order valence-electron chi connectivity index (χ0n) is 21.5. The fraction of sp³-hybridized carbons (Fsp3) is 0.242. The SMILES string of the molecule is O=C1C[C@H](/C=C/c2ccccc2)Cc2nc(N3CCN(C(c4ccccc4)c4ccccc4)CC3)ncc21. The van der Waals surface area contributed by atoms with Crippen molar-refractivity contribution in [1.29, 1.82) is 0 Å². The van der Waals surface area contributed by atoms with Gasteiger partial charge in [-0.05, 0) is 29.0 Å². The smallest absolute Gasteiger partial charge is 0.225 e. The zero-order chi connectivity index (χ0) is 25.7. The fourth-order valence-corrected chi connectivity index (χ4v) is 5.63. The number of benzene rings is 3. The third-order valence-electron chi connectivity index (χ3n) is 7.61. The van der Waals surface area contributed by atoms with Crippen molar-refractivity contribution in [3.05, 3.63) is 131 Å². The Morgan fingerprint density at radius 3 is 2.00 bits per heavy atom. The third kappa shape index (κ3) is 5.29. The van der Waals surface area contributed by atoms with Crippen molar-refractivity contribution in [2.24, 2.45) is 5.92 Å². The van der Waals surface area contributed by atoms with Crippen molar-refractivity contribution in [2.75, 3.05) is 31.1 Å². The van der Waals surface area contributed by atoms with Crippen molar-refractivity contribution >= 4 is 17.8 Å². The van der Waals surface area contributed by atoms with Crippen LogP contribution in [0.3, 0.4) is 0 Å². The first-order chi connectivity index (χ1) is 18.7. The number of nitrogens with zero attached hydrogens (tertiary/aromatic N) is 4. The number of carbonyl (C=O) groups excluding carboxylic acids is 1. The number of fused-ring (bicyclic) bond motifs is 1. The molecule has 1 aliphatic heterocycles. The monoisotopic (exact) mass is 500 g/mol. The molecule has 1 aromatic heterocycles. The van der Waals surface area contributed by atoms with Crippen molar-refractivity contribution in [3.63, 3.8) is 0 Å². The van der Waals surface area contributed by atoms with Crippen molar-refractivity contribution in [2.45, 2.75) is 18.9 Å². The Kier molecular flexibility index (Phi) is 7.10. The van der Waals surface area contributed by atoms with Crippen LogP contribution in [0.15, 0.2) is 103 Å². The summed E-state index contributed by atoms with van der Waals surface area (Å²) in [7, 11) is 0. The normalized spacial score (nSPS) is 18.2. The molecule has 4 aromatic rings. The molecule has 2 aliphatic rings. The van der Waals surface area contributed by atoms with E-state index < -0.39 is 0 Å². The average molecular weight is 501 g/mol. The van der Waals surface area contributed by atoms with E-state index in [1.165, 1.54) is 11.1 Å². The molecule has 190 valence electrons. The summed E-state index contributed by atoms with van der Waals surface area (Å²) in [6.45, 7) is 3.52. The second-order valence-electron chi connectivity index (χ2n) is 10.1. The number of allylic oxidation sites excluding steroid dienone is 1. The first-order valence-corrected chi connectivity index (χ1v) is 13.5. The van der Waals surface area contributed by atoms with Crippen LogP contribution in [-0.2, 0) is 6.42 Å². The van der Waals surface area contributed by atoms with E-state index in [1.54, 1.807) is 6.20 Å². The van der Waals surface area contributed by atoms with Gasteiger partial charge in [0.05, 0.1) is 17.3 Å². The molecule has 1 aliphatic carbocycles. The zero-order valence-corrected chi connectivity index (χ0v) is 21.5. The largest absolute Gasteiger partial charge is 0.338 e. The van der Waals surface area contributed by atoms with Crippen molar-refractivity contribution in [3.8, 4) is 0 Å². The molecule has 0 amide bonds. The van der Waals surface area contributed by atoms with Crippen LogP contribution < -0.4 is 4.90 Å². The van der Waals surface area contributed by atoms with Gasteiger partial charge in [-0.2, -0.15) is 0 Å². The van der Waals surface area contributed by atoms with Crippen LogP contribution in [0.5, 0.6) is 0 Å². The number of rotatable bonds is 6. The summed E-state index contributed by atoms with van der Waals surface area (Å²) < 4.78 is 0. The second-order valence-corrected chi connectivity index (χ2v) is 10.1. The van der Waals surface area contributed by atoms with Gasteiger partial charge in [0.2, 0.25) is 5.95 Å². The van der Waals surface area contributed by atoms with Gasteiger partial charge in [0, 0.05) is 38.8 Å². The standard InChI is InChI=1S/C33H32N4O/c38-31-23-26(17-16-25-10-4-1-5-11-25)22-30-29(31)24-34-33(35-30)37-20-18-36(19-21-37)32(27-12-6-2-7-13-27)28-14-8-3-9-15-28/h1-17,24,26,32H,18-23H2/b17-16+/t26-/m1/s1. The molecular weight excluding hydrogens is 468 g/mol. The number of anilines is 1. The molecule has 0 spiro atoms. The predicted molar refractivity (Wildman–Crippen MR) is 152 cm³/mol. The lowest BCUT2D eigenvalue weighted by Gasteiger charge is -2.40. The highest BCUT2D eigenvalue weighted by Crippen LogP contribution is 2.31. The van der Waals surface area contributed by atoms with Crippen molar-refractivity contribution in [1.82, 2.24) is 14.9 Å². The summed E-state index contributed by atoms with van der Waals surface area (Å²) >= 11 is 0. The molecule has 0 unspecified atom stereocenters. The molecule has 0 bridgehead atoms. The molecule has 0 radical (unpaired) electrons. The Labute approximate surface area is 224 Å². The van der Waals surface area contributed by atoms with E-state index in [0.29, 0.717) is 12.0 Å². The Bertz CT molecular complexity index is 1360. The Morgan fingerprint density at radius 1 is 0.763 bits per heavy atom. The van der Waals surface area contributed by atoms with Gasteiger partial charge in [0.15, 0.2) is 5.78 Å². The second kappa shape index (κ2) is 11.1. The van der Waals surface area contributed by atoms with Gasteiger partial charge in [-0.15, -0.1) is 0 Å². The number of hydrogen-bond acceptors (Lipinski definition) is 5. The van der Waals surface area contributed by atoms with Gasteiger partial charge in [0.25, 0.3) is 0 Å². The van der Waals surface area contributed by atoms with E-state index in [2.05, 4.69) is 99.7 Å². The minimum Gasteiger partial charge on any atom is -0.338 e. The molecule has 5 nitrogen and oxygen atoms in total. The summed E-state index contributed by atoms with van der Waals surface area (Å²) in [5, 5.41) is 0. The van der Waals surface area contributed by atoms with Gasteiger partial charge in [0.1, 0.15) is 0 Å². The molecule has 1 saturated heterocycles.